The molecule has 0 radical (unpaired) electrons. The number of nitrogens with one attached hydrogen (secondary N) is 2. The van der Waals surface area contributed by atoms with Crippen molar-refractivity contribution in [1.82, 2.24) is 10.6 Å². The van der Waals surface area contributed by atoms with Gasteiger partial charge in [-0.05, 0) is 40.0 Å². The summed E-state index contributed by atoms with van der Waals surface area (Å²) in [6.07, 6.45) is 0.726. The monoisotopic (exact) mass is 382 g/mol. The highest BCUT2D eigenvalue weighted by atomic mass is 79.9. The van der Waals surface area contributed by atoms with E-state index in [1.165, 1.54) is 0 Å². The van der Waals surface area contributed by atoms with Crippen LogP contribution >= 0.6 is 15.9 Å². The molecule has 0 bridgehead atoms. The lowest BCUT2D eigenvalue weighted by molar-refractivity contribution is -0.148. The van der Waals surface area contributed by atoms with Gasteiger partial charge in [-0.25, -0.2) is 4.79 Å². The number of methoxy groups -OCH3 is 1. The fourth-order valence-electron chi connectivity index (χ4n) is 2.41. The Morgan fingerprint density at radius 3 is 2.78 bits per heavy atom. The highest BCUT2D eigenvalue weighted by Gasteiger charge is 2.39. The first-order valence-corrected chi connectivity index (χ1v) is 8.03. The number of rotatable bonds is 5. The van der Waals surface area contributed by atoms with E-state index in [1.807, 2.05) is 13.0 Å². The fraction of sp³-hybridized carbons (Fsp3) is 0.375. The normalized spacial score (nSPS) is 20.5. The molecule has 2 rings (SSSR count). The number of hydrogen-bond acceptors (Lipinski definition) is 4. The third kappa shape index (κ3) is 3.85. The average Bonchev–Trinajstić information content (AvgIpc) is 2.51. The fourth-order valence-corrected chi connectivity index (χ4v) is 2.97. The smallest absolute Gasteiger partial charge is 0.319 e. The highest BCUT2D eigenvalue weighted by Crippen LogP contribution is 2.34. The van der Waals surface area contributed by atoms with Gasteiger partial charge in [0.25, 0.3) is 0 Å². The number of esters is 1. The molecule has 6 nitrogen and oxygen atoms in total. The first kappa shape index (κ1) is 17.3. The lowest BCUT2D eigenvalue weighted by Crippen LogP contribution is -2.51. The largest absolute Gasteiger partial charge is 0.496 e. The van der Waals surface area contributed by atoms with Crippen LogP contribution in [-0.2, 0) is 9.53 Å². The molecule has 2 N–H and O–H groups in total. The Bertz CT molecular complexity index is 633. The molecule has 1 heterocycles. The molecule has 0 saturated carbocycles. The van der Waals surface area contributed by atoms with Crippen LogP contribution < -0.4 is 15.4 Å². The predicted molar refractivity (Wildman–Crippen MR) is 89.0 cm³/mol. The van der Waals surface area contributed by atoms with Gasteiger partial charge in [0.15, 0.2) is 0 Å². The highest BCUT2D eigenvalue weighted by molar-refractivity contribution is 9.10. The van der Waals surface area contributed by atoms with Crippen molar-refractivity contribution >= 4 is 27.9 Å². The minimum absolute atomic E-state index is 0.326. The number of ether oxygens (including phenoxy) is 2. The first-order valence-electron chi connectivity index (χ1n) is 7.24. The van der Waals surface area contributed by atoms with Crippen LogP contribution in [0.3, 0.4) is 0 Å². The summed E-state index contributed by atoms with van der Waals surface area (Å²) in [5.74, 6) is -0.446. The number of urea groups is 1. The van der Waals surface area contributed by atoms with E-state index in [0.717, 1.165) is 16.5 Å². The van der Waals surface area contributed by atoms with Crippen LogP contribution in [0, 0.1) is 5.92 Å². The summed E-state index contributed by atoms with van der Waals surface area (Å²) in [6.45, 7) is 6.04. The van der Waals surface area contributed by atoms with E-state index in [-0.39, 0.29) is 0 Å². The molecule has 0 aliphatic carbocycles. The first-order chi connectivity index (χ1) is 11.0. The minimum Gasteiger partial charge on any atom is -0.496 e. The van der Waals surface area contributed by atoms with Gasteiger partial charge < -0.3 is 20.1 Å². The minimum atomic E-state index is -0.695. The molecular weight excluding hydrogens is 364 g/mol. The van der Waals surface area contributed by atoms with Crippen LogP contribution in [0.2, 0.25) is 0 Å². The van der Waals surface area contributed by atoms with E-state index < -0.39 is 24.0 Å². The number of hydrogen-bond donors (Lipinski definition) is 2. The maximum absolute atomic E-state index is 12.4. The van der Waals surface area contributed by atoms with Crippen molar-refractivity contribution in [1.29, 1.82) is 0 Å². The van der Waals surface area contributed by atoms with Gasteiger partial charge in [-0.3, -0.25) is 4.79 Å². The quantitative estimate of drug-likeness (QED) is 0.767. The second-order valence-corrected chi connectivity index (χ2v) is 5.99. The Hall–Kier alpha value is -2.02. The molecule has 1 aliphatic heterocycles. The van der Waals surface area contributed by atoms with E-state index in [1.54, 1.807) is 19.2 Å². The van der Waals surface area contributed by atoms with Crippen molar-refractivity contribution in [3.63, 3.8) is 0 Å². The van der Waals surface area contributed by atoms with Gasteiger partial charge in [0.1, 0.15) is 11.7 Å². The van der Waals surface area contributed by atoms with E-state index in [9.17, 15) is 9.59 Å². The molecule has 0 spiro atoms. The van der Waals surface area contributed by atoms with Crippen LogP contribution in [0.15, 0.2) is 34.9 Å². The van der Waals surface area contributed by atoms with Gasteiger partial charge in [-0.1, -0.05) is 19.6 Å². The Morgan fingerprint density at radius 1 is 1.43 bits per heavy atom. The molecule has 124 valence electrons. The van der Waals surface area contributed by atoms with E-state index in [4.69, 9.17) is 9.47 Å². The number of benzene rings is 1. The predicted octanol–water partition coefficient (Wildman–Crippen LogP) is 2.89. The molecule has 0 unspecified atom stereocenters. The summed E-state index contributed by atoms with van der Waals surface area (Å²) in [5.41, 5.74) is 1.08. The molecule has 1 aromatic carbocycles. The Morgan fingerprint density at radius 2 is 2.17 bits per heavy atom. The third-order valence-electron chi connectivity index (χ3n) is 3.51. The van der Waals surface area contributed by atoms with Crippen molar-refractivity contribution in [3.8, 4) is 5.75 Å². The second-order valence-electron chi connectivity index (χ2n) is 5.14. The zero-order chi connectivity index (χ0) is 17.0. The number of carbonyl (C=O) groups is 2. The number of carbonyl (C=O) groups excluding carboxylic acids is 2. The Kier molecular flexibility index (Phi) is 5.65. The summed E-state index contributed by atoms with van der Waals surface area (Å²) in [4.78, 5) is 24.1. The van der Waals surface area contributed by atoms with Gasteiger partial charge in [0.2, 0.25) is 0 Å². The summed E-state index contributed by atoms with van der Waals surface area (Å²) in [5, 5.41) is 5.30. The number of halogens is 1. The van der Waals surface area contributed by atoms with Crippen molar-refractivity contribution in [3.05, 3.63) is 40.5 Å². The van der Waals surface area contributed by atoms with Gasteiger partial charge in [0.05, 0.1) is 24.2 Å². The molecule has 1 aliphatic rings. The number of amides is 2. The van der Waals surface area contributed by atoms with Gasteiger partial charge in [-0.15, -0.1) is 0 Å². The molecule has 1 aromatic rings. The lowest BCUT2D eigenvalue weighted by Gasteiger charge is -2.33. The molecule has 7 heteroatoms. The maximum atomic E-state index is 12.4. The topological polar surface area (TPSA) is 76.7 Å². The molecule has 2 atom stereocenters. The standard InChI is InChI=1S/C16H19BrN2O4/c1-4-7-23-15(20)13-9(2)18-16(21)19-14(13)10-5-6-12(22-3)11(17)8-10/h5-6,8,13-14H,2,4,7H2,1,3H3,(H2,18,19,21)/t13-,14+/m0/s1. The van der Waals surface area contributed by atoms with Crippen LogP contribution in [0.5, 0.6) is 5.75 Å². The summed E-state index contributed by atoms with van der Waals surface area (Å²) < 4.78 is 11.2. The van der Waals surface area contributed by atoms with E-state index in [0.29, 0.717) is 18.1 Å². The summed E-state index contributed by atoms with van der Waals surface area (Å²) in [6, 6.07) is 4.43. The Balaban J connectivity index is 2.34. The van der Waals surface area contributed by atoms with E-state index in [2.05, 4.69) is 33.1 Å². The van der Waals surface area contributed by atoms with Crippen LogP contribution in [-0.4, -0.2) is 25.7 Å². The summed E-state index contributed by atoms with van der Waals surface area (Å²) >= 11 is 3.41. The van der Waals surface area contributed by atoms with Crippen LogP contribution in [0.4, 0.5) is 4.79 Å². The zero-order valence-corrected chi connectivity index (χ0v) is 14.6. The lowest BCUT2D eigenvalue weighted by atomic mass is 9.89. The Labute approximate surface area is 143 Å². The zero-order valence-electron chi connectivity index (χ0n) is 13.0. The van der Waals surface area contributed by atoms with Crippen molar-refractivity contribution < 1.29 is 19.1 Å². The van der Waals surface area contributed by atoms with Crippen LogP contribution in [0.25, 0.3) is 0 Å². The van der Waals surface area contributed by atoms with Gasteiger partial charge in [0, 0.05) is 5.70 Å². The van der Waals surface area contributed by atoms with Crippen molar-refractivity contribution in [2.75, 3.05) is 13.7 Å². The van der Waals surface area contributed by atoms with Crippen molar-refractivity contribution in [2.45, 2.75) is 19.4 Å². The SMILES string of the molecule is C=C1NC(=O)N[C@H](c2ccc(OC)c(Br)c2)[C@H]1C(=O)OCCC. The van der Waals surface area contributed by atoms with Gasteiger partial charge >= 0.3 is 12.0 Å². The van der Waals surface area contributed by atoms with E-state index >= 15 is 0 Å². The molecule has 0 aromatic heterocycles. The molecule has 2 amide bonds. The molecular formula is C16H19BrN2O4. The average molecular weight is 383 g/mol. The summed E-state index contributed by atoms with van der Waals surface area (Å²) in [7, 11) is 1.57. The second kappa shape index (κ2) is 7.50. The third-order valence-corrected chi connectivity index (χ3v) is 4.13. The molecule has 23 heavy (non-hydrogen) atoms. The molecule has 1 fully saturated rings. The maximum Gasteiger partial charge on any atom is 0.319 e. The van der Waals surface area contributed by atoms with Crippen molar-refractivity contribution in [2.24, 2.45) is 5.92 Å². The van der Waals surface area contributed by atoms with Crippen LogP contribution in [0.1, 0.15) is 24.9 Å². The molecule has 1 saturated heterocycles. The van der Waals surface area contributed by atoms with Gasteiger partial charge in [-0.2, -0.15) is 0 Å².